The number of fused-ring (bicyclic) bond motifs is 2. The van der Waals surface area contributed by atoms with Gasteiger partial charge >= 0.3 is 0 Å². The highest BCUT2D eigenvalue weighted by Gasteiger charge is 2.32. The van der Waals surface area contributed by atoms with E-state index >= 15 is 0 Å². The summed E-state index contributed by atoms with van der Waals surface area (Å²) in [5.41, 5.74) is 0. The standard InChI is InChI=1S/C7H11N3/c8-3-7-2-1-6-4-10(7)5-9-6/h6-7,9H,1-2,4-5H2. The van der Waals surface area contributed by atoms with Crippen molar-refractivity contribution in [3.8, 4) is 6.07 Å². The van der Waals surface area contributed by atoms with Crippen molar-refractivity contribution in [2.24, 2.45) is 0 Å². The van der Waals surface area contributed by atoms with Gasteiger partial charge in [0.05, 0.1) is 12.1 Å². The average molecular weight is 137 g/mol. The Labute approximate surface area is 60.6 Å². The molecular formula is C7H11N3. The zero-order valence-corrected chi connectivity index (χ0v) is 5.88. The Kier molecular flexibility index (Phi) is 1.37. The summed E-state index contributed by atoms with van der Waals surface area (Å²) >= 11 is 0. The summed E-state index contributed by atoms with van der Waals surface area (Å²) in [6.45, 7) is 2.00. The molecule has 3 atom stereocenters. The van der Waals surface area contributed by atoms with Crippen LogP contribution < -0.4 is 5.32 Å². The fourth-order valence-corrected chi connectivity index (χ4v) is 1.78. The number of nitriles is 1. The third-order valence-electron chi connectivity index (χ3n) is 2.42. The summed E-state index contributed by atoms with van der Waals surface area (Å²) in [6, 6.07) is 3.17. The number of rotatable bonds is 0. The van der Waals surface area contributed by atoms with Gasteiger partial charge in [0.2, 0.25) is 0 Å². The van der Waals surface area contributed by atoms with E-state index in [2.05, 4.69) is 16.3 Å². The van der Waals surface area contributed by atoms with Crippen molar-refractivity contribution >= 4 is 0 Å². The Morgan fingerprint density at radius 3 is 3.20 bits per heavy atom. The molecule has 0 saturated carbocycles. The molecule has 2 heterocycles. The van der Waals surface area contributed by atoms with Crippen molar-refractivity contribution < 1.29 is 0 Å². The van der Waals surface area contributed by atoms with Crippen LogP contribution in [-0.4, -0.2) is 30.2 Å². The molecule has 2 aliphatic rings. The second kappa shape index (κ2) is 2.22. The van der Waals surface area contributed by atoms with Crippen molar-refractivity contribution in [1.82, 2.24) is 10.2 Å². The molecule has 2 rings (SSSR count). The molecule has 2 saturated heterocycles. The third-order valence-corrected chi connectivity index (χ3v) is 2.42. The predicted molar refractivity (Wildman–Crippen MR) is 37.1 cm³/mol. The summed E-state index contributed by atoms with van der Waals surface area (Å²) in [5.74, 6) is 0. The maximum Gasteiger partial charge on any atom is 0.0989 e. The first-order chi connectivity index (χ1) is 4.90. The largest absolute Gasteiger partial charge is 0.300 e. The third kappa shape index (κ3) is 0.808. The van der Waals surface area contributed by atoms with E-state index in [-0.39, 0.29) is 6.04 Å². The van der Waals surface area contributed by atoms with E-state index in [0.717, 1.165) is 19.6 Å². The van der Waals surface area contributed by atoms with E-state index in [9.17, 15) is 0 Å². The fraction of sp³-hybridized carbons (Fsp3) is 0.857. The van der Waals surface area contributed by atoms with Crippen LogP contribution in [0.1, 0.15) is 12.8 Å². The molecule has 54 valence electrons. The van der Waals surface area contributed by atoms with Gasteiger partial charge in [-0.15, -0.1) is 0 Å². The summed E-state index contributed by atoms with van der Waals surface area (Å²) in [7, 11) is 0. The van der Waals surface area contributed by atoms with Gasteiger partial charge < -0.3 is 5.32 Å². The molecule has 2 bridgehead atoms. The molecule has 1 N–H and O–H groups in total. The van der Waals surface area contributed by atoms with E-state index < -0.39 is 0 Å². The second-order valence-electron chi connectivity index (χ2n) is 3.05. The van der Waals surface area contributed by atoms with Gasteiger partial charge in [0, 0.05) is 19.3 Å². The number of nitrogens with zero attached hydrogens (tertiary/aromatic N) is 2. The van der Waals surface area contributed by atoms with Crippen LogP contribution in [0.2, 0.25) is 0 Å². The van der Waals surface area contributed by atoms with E-state index in [1.165, 1.54) is 6.42 Å². The minimum Gasteiger partial charge on any atom is -0.300 e. The Morgan fingerprint density at radius 2 is 2.40 bits per heavy atom. The molecule has 2 aliphatic heterocycles. The van der Waals surface area contributed by atoms with Crippen molar-refractivity contribution in [3.63, 3.8) is 0 Å². The lowest BCUT2D eigenvalue weighted by Crippen LogP contribution is -2.37. The van der Waals surface area contributed by atoms with Gasteiger partial charge in [0.15, 0.2) is 0 Å². The molecule has 3 nitrogen and oxygen atoms in total. The van der Waals surface area contributed by atoms with Gasteiger partial charge in [0.25, 0.3) is 0 Å². The quantitative estimate of drug-likeness (QED) is 0.507. The van der Waals surface area contributed by atoms with Crippen LogP contribution in [0, 0.1) is 11.3 Å². The Morgan fingerprint density at radius 1 is 1.50 bits per heavy atom. The zero-order chi connectivity index (χ0) is 6.97. The highest BCUT2D eigenvalue weighted by Crippen LogP contribution is 2.20. The summed E-state index contributed by atoms with van der Waals surface area (Å²) < 4.78 is 0. The van der Waals surface area contributed by atoms with Crippen LogP contribution in [0.15, 0.2) is 0 Å². The minimum atomic E-state index is 0.186. The summed E-state index contributed by atoms with van der Waals surface area (Å²) in [4.78, 5) is 2.22. The lowest BCUT2D eigenvalue weighted by molar-refractivity contribution is 0.240. The van der Waals surface area contributed by atoms with Crippen molar-refractivity contribution in [1.29, 1.82) is 5.26 Å². The molecule has 3 heteroatoms. The molecule has 10 heavy (non-hydrogen) atoms. The molecule has 0 spiro atoms. The molecule has 3 unspecified atom stereocenters. The van der Waals surface area contributed by atoms with E-state index in [4.69, 9.17) is 5.26 Å². The number of piperidine rings is 1. The topological polar surface area (TPSA) is 39.1 Å². The molecular weight excluding hydrogens is 126 g/mol. The fourth-order valence-electron chi connectivity index (χ4n) is 1.78. The first-order valence-electron chi connectivity index (χ1n) is 3.77. The van der Waals surface area contributed by atoms with Crippen molar-refractivity contribution in [3.05, 3.63) is 0 Å². The second-order valence-corrected chi connectivity index (χ2v) is 3.05. The lowest BCUT2D eigenvalue weighted by Gasteiger charge is -2.25. The highest BCUT2D eigenvalue weighted by atomic mass is 15.3. The molecule has 0 amide bonds. The number of hydrogen-bond acceptors (Lipinski definition) is 3. The number of hydrogen-bond donors (Lipinski definition) is 1. The van der Waals surface area contributed by atoms with Crippen LogP contribution in [0.3, 0.4) is 0 Å². The zero-order valence-electron chi connectivity index (χ0n) is 5.88. The normalized spacial score (nSPS) is 44.9. The SMILES string of the molecule is N#CC1CCC2CN1CN2. The predicted octanol–water partition coefficient (Wildman–Crippen LogP) is -0.0963. The van der Waals surface area contributed by atoms with Crippen LogP contribution in [-0.2, 0) is 0 Å². The molecule has 0 aromatic rings. The minimum absolute atomic E-state index is 0.186. The maximum absolute atomic E-state index is 8.69. The van der Waals surface area contributed by atoms with Gasteiger partial charge in [-0.3, -0.25) is 4.90 Å². The van der Waals surface area contributed by atoms with Gasteiger partial charge in [-0.05, 0) is 12.8 Å². The highest BCUT2D eigenvalue weighted by molar-refractivity contribution is 5.00. The lowest BCUT2D eigenvalue weighted by atomic mass is 10.0. The van der Waals surface area contributed by atoms with Gasteiger partial charge in [-0.1, -0.05) is 0 Å². The first-order valence-corrected chi connectivity index (χ1v) is 3.77. The molecule has 0 radical (unpaired) electrons. The van der Waals surface area contributed by atoms with Crippen LogP contribution in [0.4, 0.5) is 0 Å². The van der Waals surface area contributed by atoms with Crippen molar-refractivity contribution in [2.45, 2.75) is 24.9 Å². The Bertz CT molecular complexity index is 172. The van der Waals surface area contributed by atoms with Gasteiger partial charge in [-0.25, -0.2) is 0 Å². The van der Waals surface area contributed by atoms with E-state index in [1.54, 1.807) is 0 Å². The van der Waals surface area contributed by atoms with Crippen LogP contribution in [0.25, 0.3) is 0 Å². The summed E-state index contributed by atoms with van der Waals surface area (Å²) in [6.07, 6.45) is 2.23. The molecule has 0 aromatic heterocycles. The maximum atomic E-state index is 8.69. The van der Waals surface area contributed by atoms with Gasteiger partial charge in [0.1, 0.15) is 0 Å². The molecule has 0 aromatic carbocycles. The first kappa shape index (κ1) is 6.14. The van der Waals surface area contributed by atoms with Crippen LogP contribution in [0.5, 0.6) is 0 Å². The Hall–Kier alpha value is -0.590. The van der Waals surface area contributed by atoms with Crippen molar-refractivity contribution in [2.75, 3.05) is 13.2 Å². The molecule has 0 aliphatic carbocycles. The Balaban J connectivity index is 2.08. The molecule has 2 fully saturated rings. The monoisotopic (exact) mass is 137 g/mol. The summed E-state index contributed by atoms with van der Waals surface area (Å²) in [5, 5.41) is 12.0. The van der Waals surface area contributed by atoms with E-state index in [0.29, 0.717) is 6.04 Å². The smallest absolute Gasteiger partial charge is 0.0989 e. The van der Waals surface area contributed by atoms with E-state index in [1.807, 2.05) is 0 Å². The number of nitrogens with one attached hydrogen (secondary N) is 1. The average Bonchev–Trinajstić information content (AvgIpc) is 2.34. The van der Waals surface area contributed by atoms with Crippen LogP contribution >= 0.6 is 0 Å². The van der Waals surface area contributed by atoms with Gasteiger partial charge in [-0.2, -0.15) is 5.26 Å².